The highest BCUT2D eigenvalue weighted by molar-refractivity contribution is 5.95. The Labute approximate surface area is 235 Å². The van der Waals surface area contributed by atoms with Crippen molar-refractivity contribution in [3.63, 3.8) is 0 Å². The summed E-state index contributed by atoms with van der Waals surface area (Å²) >= 11 is 0. The largest absolute Gasteiger partial charge is 0.481 e. The third-order valence-electron chi connectivity index (χ3n) is 6.43. The van der Waals surface area contributed by atoms with Crippen LogP contribution in [0.15, 0.2) is 60.8 Å². The van der Waals surface area contributed by atoms with Crippen molar-refractivity contribution in [3.05, 3.63) is 71.9 Å². The zero-order valence-electron chi connectivity index (χ0n) is 22.2. The maximum atomic E-state index is 13.6. The number of H-pyrrole nitrogens is 1. The third kappa shape index (κ3) is 8.62. The van der Waals surface area contributed by atoms with Gasteiger partial charge in [-0.1, -0.05) is 48.5 Å². The first-order valence-corrected chi connectivity index (χ1v) is 12.8. The van der Waals surface area contributed by atoms with E-state index in [1.807, 2.05) is 18.2 Å². The van der Waals surface area contributed by atoms with Crippen molar-refractivity contribution in [1.82, 2.24) is 20.9 Å². The third-order valence-corrected chi connectivity index (χ3v) is 6.43. The molecule has 0 saturated carbocycles. The van der Waals surface area contributed by atoms with E-state index in [-0.39, 0.29) is 12.8 Å². The van der Waals surface area contributed by atoms with Gasteiger partial charge in [-0.2, -0.15) is 0 Å². The topological polar surface area (TPSA) is 224 Å². The summed E-state index contributed by atoms with van der Waals surface area (Å²) in [7, 11) is 0. The molecule has 3 aromatic rings. The van der Waals surface area contributed by atoms with Gasteiger partial charge in [0.1, 0.15) is 12.1 Å². The molecular formula is C28H33N5O8. The summed E-state index contributed by atoms with van der Waals surface area (Å²) in [5, 5.41) is 36.4. The second kappa shape index (κ2) is 14.1. The fourth-order valence-corrected chi connectivity index (χ4v) is 4.26. The van der Waals surface area contributed by atoms with E-state index in [1.165, 1.54) is 6.92 Å². The van der Waals surface area contributed by atoms with Crippen LogP contribution in [-0.4, -0.2) is 80.2 Å². The number of benzene rings is 2. The lowest BCUT2D eigenvalue weighted by molar-refractivity contribution is -0.145. The normalized spacial score (nSPS) is 14.7. The maximum Gasteiger partial charge on any atom is 0.328 e. The number of aliphatic hydroxyl groups is 1. The minimum absolute atomic E-state index is 0.0309. The lowest BCUT2D eigenvalue weighted by Crippen LogP contribution is -2.59. The molecule has 0 aliphatic rings. The Kier molecular flexibility index (Phi) is 10.6. The van der Waals surface area contributed by atoms with Gasteiger partial charge in [-0.05, 0) is 24.1 Å². The van der Waals surface area contributed by atoms with E-state index in [1.54, 1.807) is 42.6 Å². The number of aliphatic carboxylic acids is 2. The van der Waals surface area contributed by atoms with E-state index in [9.17, 15) is 34.2 Å². The Bertz CT molecular complexity index is 1390. The van der Waals surface area contributed by atoms with Crippen LogP contribution in [0.5, 0.6) is 0 Å². The number of aromatic nitrogens is 1. The van der Waals surface area contributed by atoms with Crippen LogP contribution < -0.4 is 21.7 Å². The van der Waals surface area contributed by atoms with E-state index < -0.39 is 66.4 Å². The van der Waals surface area contributed by atoms with Crippen LogP contribution in [0.2, 0.25) is 0 Å². The number of para-hydroxylation sites is 1. The van der Waals surface area contributed by atoms with Crippen LogP contribution in [0, 0.1) is 0 Å². The summed E-state index contributed by atoms with van der Waals surface area (Å²) in [5.74, 6) is -5.29. The summed E-state index contributed by atoms with van der Waals surface area (Å²) in [6, 6.07) is 10.3. The zero-order valence-corrected chi connectivity index (χ0v) is 22.2. The number of fused-ring (bicyclic) bond motifs is 1. The molecule has 0 aliphatic carbocycles. The molecule has 2 aromatic carbocycles. The number of amides is 3. The number of nitrogens with two attached hydrogens (primary N) is 1. The first-order valence-electron chi connectivity index (χ1n) is 12.8. The Morgan fingerprint density at radius 3 is 2.05 bits per heavy atom. The summed E-state index contributed by atoms with van der Waals surface area (Å²) in [6.07, 6.45) is -0.484. The molecule has 0 radical (unpaired) electrons. The fraction of sp³-hybridized carbons (Fsp3) is 0.321. The van der Waals surface area contributed by atoms with Crippen molar-refractivity contribution in [1.29, 1.82) is 0 Å². The van der Waals surface area contributed by atoms with Crippen molar-refractivity contribution in [3.8, 4) is 0 Å². The van der Waals surface area contributed by atoms with Gasteiger partial charge < -0.3 is 42.0 Å². The van der Waals surface area contributed by atoms with Crippen molar-refractivity contribution in [2.24, 2.45) is 5.73 Å². The molecule has 3 amide bonds. The van der Waals surface area contributed by atoms with Crippen LogP contribution in [0.1, 0.15) is 24.5 Å². The van der Waals surface area contributed by atoms with E-state index in [0.717, 1.165) is 10.9 Å². The maximum absolute atomic E-state index is 13.6. The van der Waals surface area contributed by atoms with Crippen LogP contribution in [-0.2, 0) is 36.8 Å². The van der Waals surface area contributed by atoms with Gasteiger partial charge in [-0.15, -0.1) is 0 Å². The summed E-state index contributed by atoms with van der Waals surface area (Å²) in [5.41, 5.74) is 7.82. The highest BCUT2D eigenvalue weighted by Crippen LogP contribution is 2.19. The average molecular weight is 568 g/mol. The van der Waals surface area contributed by atoms with E-state index in [4.69, 9.17) is 10.8 Å². The predicted octanol–water partition coefficient (Wildman–Crippen LogP) is -0.325. The van der Waals surface area contributed by atoms with Crippen LogP contribution in [0.4, 0.5) is 0 Å². The molecule has 1 aromatic heterocycles. The van der Waals surface area contributed by atoms with Gasteiger partial charge in [0.25, 0.3) is 0 Å². The molecule has 1 heterocycles. The molecule has 0 aliphatic heterocycles. The molecule has 0 saturated heterocycles. The van der Waals surface area contributed by atoms with Crippen LogP contribution >= 0.6 is 0 Å². The molecule has 41 heavy (non-hydrogen) atoms. The van der Waals surface area contributed by atoms with Gasteiger partial charge in [0.2, 0.25) is 17.7 Å². The predicted molar refractivity (Wildman–Crippen MR) is 147 cm³/mol. The molecule has 0 spiro atoms. The molecule has 13 heteroatoms. The molecule has 13 nitrogen and oxygen atoms in total. The highest BCUT2D eigenvalue weighted by Gasteiger charge is 2.32. The second-order valence-electron chi connectivity index (χ2n) is 9.65. The average Bonchev–Trinajstić information content (AvgIpc) is 3.33. The number of nitrogens with one attached hydrogen (secondary N) is 4. The first kappa shape index (κ1) is 30.8. The molecule has 5 unspecified atom stereocenters. The van der Waals surface area contributed by atoms with Gasteiger partial charge in [0, 0.05) is 29.9 Å². The first-order chi connectivity index (χ1) is 19.5. The molecule has 9 N–H and O–H groups in total. The Hall–Kier alpha value is -4.75. The van der Waals surface area contributed by atoms with E-state index in [2.05, 4.69) is 20.9 Å². The quantitative estimate of drug-likeness (QED) is 0.128. The lowest BCUT2D eigenvalue weighted by atomic mass is 10.0. The number of carboxylic acid groups (broad SMARTS) is 2. The van der Waals surface area contributed by atoms with Gasteiger partial charge in [-0.25, -0.2) is 4.79 Å². The van der Waals surface area contributed by atoms with Crippen molar-refractivity contribution in [2.75, 3.05) is 0 Å². The van der Waals surface area contributed by atoms with Crippen LogP contribution in [0.3, 0.4) is 0 Å². The number of hydrogen-bond acceptors (Lipinski definition) is 7. The minimum Gasteiger partial charge on any atom is -0.481 e. The number of carbonyl (C=O) groups is 5. The van der Waals surface area contributed by atoms with Gasteiger partial charge >= 0.3 is 11.9 Å². The van der Waals surface area contributed by atoms with Crippen LogP contribution in [0.25, 0.3) is 10.9 Å². The van der Waals surface area contributed by atoms with E-state index >= 15 is 0 Å². The van der Waals surface area contributed by atoms with Gasteiger partial charge in [-0.3, -0.25) is 19.2 Å². The molecule has 5 atom stereocenters. The number of aromatic amines is 1. The van der Waals surface area contributed by atoms with Gasteiger partial charge in [0.15, 0.2) is 6.04 Å². The SMILES string of the molecule is CC(O)C(NC(=O)C(Cc1ccccc1)NC(=O)C(Cc1c[nH]c2ccccc12)NC(=O)C(N)CC(=O)O)C(=O)O. The Morgan fingerprint density at radius 2 is 1.41 bits per heavy atom. The second-order valence-corrected chi connectivity index (χ2v) is 9.65. The number of hydrogen-bond donors (Lipinski definition) is 8. The van der Waals surface area contributed by atoms with E-state index in [0.29, 0.717) is 11.1 Å². The summed E-state index contributed by atoms with van der Waals surface area (Å²) in [4.78, 5) is 65.2. The van der Waals surface area contributed by atoms with Crippen molar-refractivity contribution in [2.45, 2.75) is 56.5 Å². The smallest absolute Gasteiger partial charge is 0.328 e. The minimum atomic E-state index is -1.63. The molecular weight excluding hydrogens is 534 g/mol. The van der Waals surface area contributed by atoms with Crippen molar-refractivity contribution >= 4 is 40.6 Å². The molecule has 3 rings (SSSR count). The summed E-state index contributed by atoms with van der Waals surface area (Å²) in [6.45, 7) is 1.21. The zero-order chi connectivity index (χ0) is 30.1. The number of carbonyl (C=O) groups excluding carboxylic acids is 3. The number of carboxylic acids is 2. The monoisotopic (exact) mass is 567 g/mol. The van der Waals surface area contributed by atoms with Crippen molar-refractivity contribution < 1.29 is 39.3 Å². The number of aliphatic hydroxyl groups excluding tert-OH is 1. The fourth-order valence-electron chi connectivity index (χ4n) is 4.26. The van der Waals surface area contributed by atoms with Gasteiger partial charge in [0.05, 0.1) is 18.6 Å². The Morgan fingerprint density at radius 1 is 0.829 bits per heavy atom. The highest BCUT2D eigenvalue weighted by atomic mass is 16.4. The number of rotatable bonds is 14. The lowest BCUT2D eigenvalue weighted by Gasteiger charge is -2.26. The standard InChI is InChI=1S/C28H33N5O8/c1-15(34)24(28(40)41)33-27(39)21(11-16-7-3-2-4-8-16)32-26(38)22(31-25(37)19(29)13-23(35)36)12-17-14-30-20-10-6-5-9-18(17)20/h2-10,14-15,19,21-22,24,30,34H,11-13,29H2,1H3,(H,31,37)(H,32,38)(H,33,39)(H,35,36)(H,40,41). The molecule has 0 bridgehead atoms. The molecule has 218 valence electrons. The Balaban J connectivity index is 1.90. The molecule has 0 fully saturated rings. The summed E-state index contributed by atoms with van der Waals surface area (Å²) < 4.78 is 0.